The van der Waals surface area contributed by atoms with Gasteiger partial charge < -0.3 is 9.80 Å². The van der Waals surface area contributed by atoms with Gasteiger partial charge in [0.15, 0.2) is 21.5 Å². The van der Waals surface area contributed by atoms with Crippen LogP contribution in [0.2, 0.25) is 0 Å². The molecule has 0 bridgehead atoms. The molecule has 1 aliphatic rings. The number of halogens is 3. The fourth-order valence-corrected chi connectivity index (χ4v) is 5.30. The summed E-state index contributed by atoms with van der Waals surface area (Å²) in [6, 6.07) is 5.33. The maximum Gasteiger partial charge on any atom is 0.254 e. The maximum atomic E-state index is 14.4. The fraction of sp³-hybridized carbons (Fsp3) is 0.304. The minimum Gasteiger partial charge on any atom is -0.365 e. The highest BCUT2D eigenvalue weighted by Crippen LogP contribution is 2.31. The van der Waals surface area contributed by atoms with Crippen LogP contribution in [0, 0.1) is 31.3 Å². The smallest absolute Gasteiger partial charge is 0.254 e. The number of nitrogens with zero attached hydrogens (tertiary/aromatic N) is 3. The average Bonchev–Trinajstić information content (AvgIpc) is 3.24. The number of hydrogen-bond donors (Lipinski definition) is 0. The molecule has 2 aromatic carbocycles. The van der Waals surface area contributed by atoms with E-state index in [0.29, 0.717) is 10.6 Å². The van der Waals surface area contributed by atoms with Crippen LogP contribution < -0.4 is 4.90 Å². The lowest BCUT2D eigenvalue weighted by molar-refractivity contribution is 0.0747. The summed E-state index contributed by atoms with van der Waals surface area (Å²) in [5.41, 5.74) is 0.922. The van der Waals surface area contributed by atoms with Crippen molar-refractivity contribution >= 4 is 32.8 Å². The lowest BCUT2D eigenvalue weighted by Crippen LogP contribution is -2.49. The topological polar surface area (TPSA) is 70.6 Å². The van der Waals surface area contributed by atoms with Gasteiger partial charge in [0.1, 0.15) is 10.8 Å². The molecule has 0 N–H and O–H groups in total. The average molecular weight is 510 g/mol. The number of benzene rings is 2. The van der Waals surface area contributed by atoms with Crippen molar-refractivity contribution in [2.24, 2.45) is 0 Å². The first-order chi connectivity index (χ1) is 16.0. The minimum atomic E-state index is -3.55. The molecular weight excluding hydrogens is 487 g/mol. The quantitative estimate of drug-likeness (QED) is 0.493. The molecule has 1 fully saturated rings. The van der Waals surface area contributed by atoms with Crippen LogP contribution in [0.15, 0.2) is 34.5 Å². The summed E-state index contributed by atoms with van der Waals surface area (Å²) in [6.45, 7) is 3.62. The largest absolute Gasteiger partial charge is 0.365 e. The Morgan fingerprint density at radius 1 is 1.03 bits per heavy atom. The van der Waals surface area contributed by atoms with E-state index in [1.807, 2.05) is 12.3 Å². The molecule has 1 amide bonds. The lowest BCUT2D eigenvalue weighted by atomic mass is 10.1. The van der Waals surface area contributed by atoms with Crippen LogP contribution in [0.5, 0.6) is 0 Å². The van der Waals surface area contributed by atoms with Crippen LogP contribution in [-0.4, -0.2) is 56.6 Å². The Balaban J connectivity index is 1.62. The van der Waals surface area contributed by atoms with Gasteiger partial charge in [-0.15, -0.1) is 11.3 Å². The lowest BCUT2D eigenvalue weighted by Gasteiger charge is -2.36. The molecule has 0 saturated carbocycles. The molecule has 6 nitrogen and oxygen atoms in total. The van der Waals surface area contributed by atoms with Crippen LogP contribution in [0.25, 0.3) is 10.6 Å². The number of hydrogen-bond acceptors (Lipinski definition) is 6. The van der Waals surface area contributed by atoms with E-state index in [-0.39, 0.29) is 47.9 Å². The summed E-state index contributed by atoms with van der Waals surface area (Å²) in [4.78, 5) is 20.9. The Labute approximate surface area is 199 Å². The van der Waals surface area contributed by atoms with Crippen molar-refractivity contribution in [3.05, 3.63) is 63.9 Å². The Hall–Kier alpha value is -2.92. The summed E-state index contributed by atoms with van der Waals surface area (Å²) < 4.78 is 66.6. The highest BCUT2D eigenvalue weighted by Gasteiger charge is 2.28. The maximum absolute atomic E-state index is 14.4. The van der Waals surface area contributed by atoms with Crippen molar-refractivity contribution in [3.63, 3.8) is 0 Å². The zero-order valence-electron chi connectivity index (χ0n) is 18.7. The Morgan fingerprint density at radius 2 is 1.71 bits per heavy atom. The number of rotatable bonds is 4. The second kappa shape index (κ2) is 9.03. The number of carbonyl (C=O) groups is 1. The standard InChI is InChI=1S/C23H22F3N3O3S2/c1-13-12-33-22(27-13)16-5-4-15(34(3,31)32)10-17(16)23(30)29-8-6-28(7-9-29)19-11-18(24)14(2)20(25)21(19)26/h4-5,10-12H,6-9H2,1-3H3. The summed E-state index contributed by atoms with van der Waals surface area (Å²) >= 11 is 1.35. The molecule has 2 heterocycles. The van der Waals surface area contributed by atoms with Gasteiger partial charge in [-0.2, -0.15) is 0 Å². The summed E-state index contributed by atoms with van der Waals surface area (Å²) in [7, 11) is -3.55. The molecule has 1 aliphatic heterocycles. The first-order valence-electron chi connectivity index (χ1n) is 10.4. The van der Waals surface area contributed by atoms with Crippen LogP contribution >= 0.6 is 11.3 Å². The van der Waals surface area contributed by atoms with Gasteiger partial charge in [0.25, 0.3) is 5.91 Å². The molecule has 180 valence electrons. The van der Waals surface area contributed by atoms with Gasteiger partial charge in [-0.05, 0) is 32.0 Å². The second-order valence-electron chi connectivity index (χ2n) is 8.18. The van der Waals surface area contributed by atoms with E-state index in [4.69, 9.17) is 0 Å². The number of carbonyl (C=O) groups excluding carboxylic acids is 1. The van der Waals surface area contributed by atoms with E-state index in [1.54, 1.807) is 6.07 Å². The molecule has 3 aromatic rings. The number of aromatic nitrogens is 1. The third-order valence-electron chi connectivity index (χ3n) is 5.78. The molecule has 34 heavy (non-hydrogen) atoms. The molecule has 0 aliphatic carbocycles. The minimum absolute atomic E-state index is 0.0131. The van der Waals surface area contributed by atoms with E-state index in [2.05, 4.69) is 4.98 Å². The van der Waals surface area contributed by atoms with Gasteiger partial charge in [0, 0.05) is 60.7 Å². The number of sulfone groups is 1. The first kappa shape index (κ1) is 24.2. The highest BCUT2D eigenvalue weighted by molar-refractivity contribution is 7.90. The molecule has 11 heteroatoms. The summed E-state index contributed by atoms with van der Waals surface area (Å²) in [5, 5.41) is 2.42. The number of aryl methyl sites for hydroxylation is 1. The van der Waals surface area contributed by atoms with E-state index in [9.17, 15) is 26.4 Å². The second-order valence-corrected chi connectivity index (χ2v) is 11.1. The third kappa shape index (κ3) is 4.54. The van der Waals surface area contributed by atoms with Crippen molar-refractivity contribution < 1.29 is 26.4 Å². The number of anilines is 1. The summed E-state index contributed by atoms with van der Waals surface area (Å²) in [5.74, 6) is -3.58. The number of amides is 1. The normalized spacial score (nSPS) is 14.5. The monoisotopic (exact) mass is 509 g/mol. The molecule has 1 aromatic heterocycles. The van der Waals surface area contributed by atoms with Crippen molar-refractivity contribution in [2.45, 2.75) is 18.7 Å². The van der Waals surface area contributed by atoms with Crippen LogP contribution in [-0.2, 0) is 9.84 Å². The van der Waals surface area contributed by atoms with Gasteiger partial charge >= 0.3 is 0 Å². The Morgan fingerprint density at radius 3 is 2.29 bits per heavy atom. The number of thiazole rings is 1. The van der Waals surface area contributed by atoms with Gasteiger partial charge in [-0.3, -0.25) is 4.79 Å². The molecular formula is C23H22F3N3O3S2. The highest BCUT2D eigenvalue weighted by atomic mass is 32.2. The van der Waals surface area contributed by atoms with Crippen molar-refractivity contribution in [1.82, 2.24) is 9.88 Å². The number of piperazine rings is 1. The van der Waals surface area contributed by atoms with Gasteiger partial charge in [0.2, 0.25) is 0 Å². The first-order valence-corrected chi connectivity index (χ1v) is 13.2. The van der Waals surface area contributed by atoms with Crippen molar-refractivity contribution in [3.8, 4) is 10.6 Å². The Kier molecular flexibility index (Phi) is 6.43. The van der Waals surface area contributed by atoms with Crippen LogP contribution in [0.3, 0.4) is 0 Å². The van der Waals surface area contributed by atoms with Gasteiger partial charge in [0.05, 0.1) is 16.1 Å². The van der Waals surface area contributed by atoms with E-state index >= 15 is 0 Å². The molecule has 4 rings (SSSR count). The van der Waals surface area contributed by atoms with E-state index < -0.39 is 33.2 Å². The van der Waals surface area contributed by atoms with E-state index in [0.717, 1.165) is 18.0 Å². The Bertz CT molecular complexity index is 1380. The summed E-state index contributed by atoms with van der Waals surface area (Å²) in [6.07, 6.45) is 1.07. The zero-order valence-corrected chi connectivity index (χ0v) is 20.4. The van der Waals surface area contributed by atoms with Crippen molar-refractivity contribution in [2.75, 3.05) is 37.3 Å². The van der Waals surface area contributed by atoms with E-state index in [1.165, 1.54) is 40.2 Å². The van der Waals surface area contributed by atoms with Gasteiger partial charge in [-0.25, -0.2) is 26.6 Å². The predicted octanol–water partition coefficient (Wildman–Crippen LogP) is 4.21. The molecule has 0 unspecified atom stereocenters. The zero-order chi connectivity index (χ0) is 24.8. The third-order valence-corrected chi connectivity index (χ3v) is 7.88. The molecule has 0 atom stereocenters. The predicted molar refractivity (Wildman–Crippen MR) is 125 cm³/mol. The molecule has 1 saturated heterocycles. The fourth-order valence-electron chi connectivity index (χ4n) is 3.82. The van der Waals surface area contributed by atoms with Crippen LogP contribution in [0.4, 0.5) is 18.9 Å². The van der Waals surface area contributed by atoms with Crippen LogP contribution in [0.1, 0.15) is 21.6 Å². The van der Waals surface area contributed by atoms with Gasteiger partial charge in [-0.1, -0.05) is 0 Å². The molecule has 0 radical (unpaired) electrons. The SMILES string of the molecule is Cc1csc(-c2ccc(S(C)(=O)=O)cc2C(=O)N2CCN(c3cc(F)c(C)c(F)c3F)CC2)n1. The van der Waals surface area contributed by atoms with Crippen molar-refractivity contribution in [1.29, 1.82) is 0 Å². The molecule has 0 spiro atoms.